The van der Waals surface area contributed by atoms with E-state index >= 15 is 0 Å². The summed E-state index contributed by atoms with van der Waals surface area (Å²) < 4.78 is 72.2. The van der Waals surface area contributed by atoms with Crippen LogP contribution in [0.15, 0.2) is 24.3 Å². The molecule has 3 rings (SSSR count). The zero-order valence-corrected chi connectivity index (χ0v) is 17.1. The van der Waals surface area contributed by atoms with Crippen LogP contribution in [0.4, 0.5) is 27.6 Å². The Morgan fingerprint density at radius 3 is 2.26 bits per heavy atom. The molecule has 0 bridgehead atoms. The number of hydrogen-bond acceptors (Lipinski definition) is 4. The topological polar surface area (TPSA) is 59.0 Å². The smallest absolute Gasteiger partial charge is 0.425 e. The number of ether oxygens (including phenoxy) is 2. The van der Waals surface area contributed by atoms with Gasteiger partial charge in [-0.15, -0.1) is 0 Å². The molecule has 1 aromatic carbocycles. The van der Waals surface area contributed by atoms with E-state index in [1.807, 2.05) is 0 Å². The van der Waals surface area contributed by atoms with E-state index in [0.29, 0.717) is 31.5 Å². The van der Waals surface area contributed by atoms with Gasteiger partial charge < -0.3 is 19.5 Å². The zero-order valence-electron chi connectivity index (χ0n) is 17.1. The van der Waals surface area contributed by atoms with Gasteiger partial charge in [0.05, 0.1) is 17.6 Å². The first kappa shape index (κ1) is 23.7. The molecule has 1 spiro atoms. The van der Waals surface area contributed by atoms with E-state index in [1.165, 1.54) is 12.1 Å². The summed E-state index contributed by atoms with van der Waals surface area (Å²) in [6.07, 6.45) is -7.04. The lowest BCUT2D eigenvalue weighted by Crippen LogP contribution is -2.46. The molecule has 1 saturated carbocycles. The molecular weight excluding hydrogens is 425 g/mol. The van der Waals surface area contributed by atoms with Crippen LogP contribution in [-0.4, -0.2) is 55.1 Å². The molecule has 1 aliphatic heterocycles. The predicted octanol–water partition coefficient (Wildman–Crippen LogP) is 4.33. The maximum Gasteiger partial charge on any atom is 0.425 e. The van der Waals surface area contributed by atoms with Crippen molar-refractivity contribution in [3.05, 3.63) is 24.3 Å². The van der Waals surface area contributed by atoms with Crippen LogP contribution in [0.2, 0.25) is 0 Å². The first-order chi connectivity index (χ1) is 14.4. The first-order valence-electron chi connectivity index (χ1n) is 10.2. The van der Waals surface area contributed by atoms with Crippen molar-refractivity contribution in [3.8, 4) is 5.75 Å². The van der Waals surface area contributed by atoms with Crippen LogP contribution in [-0.2, 0) is 9.53 Å². The molecular formula is C21H26F5NO4. The monoisotopic (exact) mass is 451 g/mol. The summed E-state index contributed by atoms with van der Waals surface area (Å²) in [5.41, 5.74) is -1.29. The fraction of sp³-hybridized carbons (Fsp3) is 0.667. The van der Waals surface area contributed by atoms with E-state index in [1.54, 1.807) is 17.0 Å². The summed E-state index contributed by atoms with van der Waals surface area (Å²) >= 11 is 0. The van der Waals surface area contributed by atoms with Crippen molar-refractivity contribution in [1.29, 1.82) is 0 Å². The highest BCUT2D eigenvalue weighted by Gasteiger charge is 2.51. The van der Waals surface area contributed by atoms with Gasteiger partial charge in [-0.05, 0) is 63.3 Å². The minimum absolute atomic E-state index is 0.0569. The van der Waals surface area contributed by atoms with Gasteiger partial charge in [-0.2, -0.15) is 13.2 Å². The molecule has 1 N–H and O–H groups in total. The van der Waals surface area contributed by atoms with E-state index in [0.717, 1.165) is 6.92 Å². The van der Waals surface area contributed by atoms with Crippen molar-refractivity contribution >= 4 is 11.6 Å². The van der Waals surface area contributed by atoms with Crippen LogP contribution in [0.25, 0.3) is 0 Å². The summed E-state index contributed by atoms with van der Waals surface area (Å²) in [4.78, 5) is 14.7. The molecule has 31 heavy (non-hydrogen) atoms. The van der Waals surface area contributed by atoms with Crippen molar-refractivity contribution in [2.45, 2.75) is 63.3 Å². The Morgan fingerprint density at radius 2 is 1.71 bits per heavy atom. The lowest BCUT2D eigenvalue weighted by Gasteiger charge is -2.40. The molecule has 5 nitrogen and oxygen atoms in total. The third-order valence-electron chi connectivity index (χ3n) is 6.19. The van der Waals surface area contributed by atoms with Crippen molar-refractivity contribution in [2.24, 2.45) is 5.41 Å². The van der Waals surface area contributed by atoms with Gasteiger partial charge in [0, 0.05) is 12.2 Å². The second-order valence-electron chi connectivity index (χ2n) is 8.41. The standard InChI is InChI=1S/C21H26F5NO4/c1-14(21(24,25)26)31-16-4-2-15(3-5-16)27-11-10-19(18(27)28)6-8-20(29,9-7-19)13-30-12-17(22)23/h2-5,14,17,29H,6-13H2,1H3/t14-,19?,20?/m1/s1. The highest BCUT2D eigenvalue weighted by atomic mass is 19.4. The zero-order chi connectivity index (χ0) is 22.9. The molecule has 10 heteroatoms. The molecule has 1 saturated heterocycles. The average Bonchev–Trinajstić information content (AvgIpc) is 3.01. The molecule has 1 aromatic rings. The van der Waals surface area contributed by atoms with E-state index in [2.05, 4.69) is 0 Å². The maximum absolute atomic E-state index is 13.1. The van der Waals surface area contributed by atoms with E-state index in [-0.39, 0.29) is 31.1 Å². The quantitative estimate of drug-likeness (QED) is 0.628. The maximum atomic E-state index is 13.1. The van der Waals surface area contributed by atoms with Gasteiger partial charge >= 0.3 is 6.18 Å². The Morgan fingerprint density at radius 1 is 1.10 bits per heavy atom. The Kier molecular flexibility index (Phi) is 6.81. The van der Waals surface area contributed by atoms with Crippen LogP contribution in [0.5, 0.6) is 5.75 Å². The molecule has 0 aromatic heterocycles. The molecule has 1 amide bonds. The third kappa shape index (κ3) is 5.46. The minimum atomic E-state index is -4.47. The number of carbonyl (C=O) groups is 1. The van der Waals surface area contributed by atoms with Gasteiger partial charge in [0.1, 0.15) is 12.4 Å². The minimum Gasteiger partial charge on any atom is -0.481 e. The number of anilines is 1. The van der Waals surface area contributed by atoms with Crippen molar-refractivity contribution in [1.82, 2.24) is 0 Å². The van der Waals surface area contributed by atoms with Crippen molar-refractivity contribution in [2.75, 3.05) is 24.7 Å². The average molecular weight is 451 g/mol. The number of hydrogen-bond donors (Lipinski definition) is 1. The van der Waals surface area contributed by atoms with Crippen LogP contribution < -0.4 is 9.64 Å². The van der Waals surface area contributed by atoms with Gasteiger partial charge in [0.2, 0.25) is 5.91 Å². The number of aliphatic hydroxyl groups is 1. The van der Waals surface area contributed by atoms with E-state index in [9.17, 15) is 31.9 Å². The number of halogens is 5. The summed E-state index contributed by atoms with van der Waals surface area (Å²) in [6, 6.07) is 5.89. The van der Waals surface area contributed by atoms with Crippen LogP contribution in [0.3, 0.4) is 0 Å². The van der Waals surface area contributed by atoms with Gasteiger partial charge in [-0.3, -0.25) is 4.79 Å². The van der Waals surface area contributed by atoms with Gasteiger partial charge in [0.15, 0.2) is 6.10 Å². The largest absolute Gasteiger partial charge is 0.481 e. The SMILES string of the molecule is C[C@@H](Oc1ccc(N2CCC3(CCC(O)(COCC(F)F)CC3)C2=O)cc1)C(F)(F)F. The van der Waals surface area contributed by atoms with Crippen molar-refractivity contribution in [3.63, 3.8) is 0 Å². The Labute approximate surface area is 177 Å². The third-order valence-corrected chi connectivity index (χ3v) is 6.19. The lowest BCUT2D eigenvalue weighted by atomic mass is 9.68. The Hall–Kier alpha value is -1.94. The molecule has 174 valence electrons. The molecule has 1 atom stereocenters. The normalized spacial score (nSPS) is 27.9. The molecule has 1 aliphatic carbocycles. The molecule has 2 aliphatic rings. The summed E-state index contributed by atoms with van der Waals surface area (Å²) in [6.45, 7) is 0.452. The number of benzene rings is 1. The Bertz CT molecular complexity index is 760. The number of alkyl halides is 5. The lowest BCUT2D eigenvalue weighted by molar-refractivity contribution is -0.189. The number of rotatable bonds is 7. The Balaban J connectivity index is 1.59. The van der Waals surface area contributed by atoms with Gasteiger partial charge in [-0.1, -0.05) is 0 Å². The van der Waals surface area contributed by atoms with Crippen molar-refractivity contribution < 1.29 is 41.3 Å². The first-order valence-corrected chi connectivity index (χ1v) is 10.2. The van der Waals surface area contributed by atoms with Gasteiger partial charge in [-0.25, -0.2) is 8.78 Å². The number of amides is 1. The van der Waals surface area contributed by atoms with Crippen LogP contribution in [0.1, 0.15) is 39.0 Å². The van der Waals surface area contributed by atoms with Gasteiger partial charge in [0.25, 0.3) is 6.43 Å². The summed E-state index contributed by atoms with van der Waals surface area (Å²) in [7, 11) is 0. The van der Waals surface area contributed by atoms with E-state index in [4.69, 9.17) is 9.47 Å². The summed E-state index contributed by atoms with van der Waals surface area (Å²) in [5.74, 6) is -0.0400. The highest BCUT2D eigenvalue weighted by molar-refractivity contribution is 6.00. The molecule has 2 fully saturated rings. The highest BCUT2D eigenvalue weighted by Crippen LogP contribution is 2.48. The van der Waals surface area contributed by atoms with Crippen LogP contribution in [0, 0.1) is 5.41 Å². The summed E-state index contributed by atoms with van der Waals surface area (Å²) in [5, 5.41) is 10.6. The van der Waals surface area contributed by atoms with Crippen LogP contribution >= 0.6 is 0 Å². The second-order valence-corrected chi connectivity index (χ2v) is 8.41. The molecule has 0 unspecified atom stereocenters. The number of carbonyl (C=O) groups excluding carboxylic acids is 1. The number of nitrogens with zero attached hydrogens (tertiary/aromatic N) is 1. The fourth-order valence-electron chi connectivity index (χ4n) is 4.18. The second kappa shape index (κ2) is 8.90. The molecule has 0 radical (unpaired) electrons. The molecule has 1 heterocycles. The predicted molar refractivity (Wildman–Crippen MR) is 102 cm³/mol. The van der Waals surface area contributed by atoms with E-state index < -0.39 is 36.3 Å². The fourth-order valence-corrected chi connectivity index (χ4v) is 4.18.